The third-order valence-corrected chi connectivity index (χ3v) is 3.86. The van der Waals surface area contributed by atoms with Crippen molar-refractivity contribution >= 4 is 43.7 Å². The maximum atomic E-state index is 4.03. The molecule has 74 valence electrons. The summed E-state index contributed by atoms with van der Waals surface area (Å²) in [4.78, 5) is 5.22. The second-order valence-electron chi connectivity index (χ2n) is 2.63. The SMILES string of the molecule is C[C@H](Nc1nnc(Br)s1)c1cncs1. The molecule has 0 saturated heterocycles. The highest BCUT2D eigenvalue weighted by Crippen LogP contribution is 2.25. The van der Waals surface area contributed by atoms with Gasteiger partial charge in [-0.2, -0.15) is 0 Å². The molecule has 0 aromatic carbocycles. The molecular formula is C7H7BrN4S2. The monoisotopic (exact) mass is 290 g/mol. The number of nitrogens with one attached hydrogen (secondary N) is 1. The minimum Gasteiger partial charge on any atom is -0.353 e. The summed E-state index contributed by atoms with van der Waals surface area (Å²) < 4.78 is 0.788. The number of hydrogen-bond acceptors (Lipinski definition) is 6. The number of rotatable bonds is 3. The Bertz CT molecular complexity index is 399. The smallest absolute Gasteiger partial charge is 0.206 e. The molecule has 1 N–H and O–H groups in total. The molecule has 2 aromatic heterocycles. The number of anilines is 1. The summed E-state index contributed by atoms with van der Waals surface area (Å²) in [7, 11) is 0. The summed E-state index contributed by atoms with van der Waals surface area (Å²) in [6.45, 7) is 2.07. The van der Waals surface area contributed by atoms with Crippen molar-refractivity contribution in [3.8, 4) is 0 Å². The highest BCUT2D eigenvalue weighted by Gasteiger charge is 2.09. The Morgan fingerprint density at radius 2 is 2.36 bits per heavy atom. The van der Waals surface area contributed by atoms with Crippen LogP contribution in [0.2, 0.25) is 0 Å². The molecule has 2 aromatic rings. The first-order chi connectivity index (χ1) is 6.75. The number of nitrogens with zero attached hydrogens (tertiary/aromatic N) is 3. The van der Waals surface area contributed by atoms with E-state index in [1.165, 1.54) is 16.2 Å². The first kappa shape index (κ1) is 10.0. The van der Waals surface area contributed by atoms with Gasteiger partial charge in [0.2, 0.25) is 5.13 Å². The van der Waals surface area contributed by atoms with Crippen molar-refractivity contribution in [2.75, 3.05) is 5.32 Å². The van der Waals surface area contributed by atoms with E-state index in [2.05, 4.69) is 43.4 Å². The van der Waals surface area contributed by atoms with Crippen LogP contribution in [0.5, 0.6) is 0 Å². The van der Waals surface area contributed by atoms with Gasteiger partial charge in [-0.25, -0.2) is 0 Å². The Labute approximate surface area is 97.5 Å². The molecular weight excluding hydrogens is 284 g/mol. The van der Waals surface area contributed by atoms with Crippen LogP contribution in [0.15, 0.2) is 15.6 Å². The Hall–Kier alpha value is -0.530. The van der Waals surface area contributed by atoms with Crippen molar-refractivity contribution < 1.29 is 0 Å². The third-order valence-electron chi connectivity index (χ3n) is 1.62. The molecule has 0 unspecified atom stereocenters. The van der Waals surface area contributed by atoms with Crippen LogP contribution in [0.4, 0.5) is 5.13 Å². The predicted molar refractivity (Wildman–Crippen MR) is 61.8 cm³/mol. The highest BCUT2D eigenvalue weighted by molar-refractivity contribution is 9.11. The van der Waals surface area contributed by atoms with Crippen LogP contribution < -0.4 is 5.32 Å². The van der Waals surface area contributed by atoms with Crippen molar-refractivity contribution in [3.63, 3.8) is 0 Å². The van der Waals surface area contributed by atoms with Gasteiger partial charge in [0.25, 0.3) is 0 Å². The van der Waals surface area contributed by atoms with Crippen LogP contribution >= 0.6 is 38.6 Å². The lowest BCUT2D eigenvalue weighted by Gasteiger charge is -2.08. The van der Waals surface area contributed by atoms with E-state index in [0.717, 1.165) is 9.05 Å². The Kier molecular flexibility index (Phi) is 3.09. The van der Waals surface area contributed by atoms with Crippen LogP contribution in [0, 0.1) is 0 Å². The summed E-state index contributed by atoms with van der Waals surface area (Å²) in [5, 5.41) is 11.9. The van der Waals surface area contributed by atoms with Crippen LogP contribution in [0.25, 0.3) is 0 Å². The molecule has 14 heavy (non-hydrogen) atoms. The molecule has 2 heterocycles. The summed E-state index contributed by atoms with van der Waals surface area (Å²) in [6.07, 6.45) is 1.86. The largest absolute Gasteiger partial charge is 0.353 e. The Balaban J connectivity index is 2.05. The maximum Gasteiger partial charge on any atom is 0.206 e. The molecule has 4 nitrogen and oxygen atoms in total. The fourth-order valence-corrected chi connectivity index (χ4v) is 2.69. The molecule has 0 saturated carbocycles. The zero-order valence-corrected chi connectivity index (χ0v) is 10.5. The molecule has 0 aliphatic carbocycles. The Morgan fingerprint density at radius 1 is 1.50 bits per heavy atom. The zero-order chi connectivity index (χ0) is 9.97. The molecule has 0 radical (unpaired) electrons. The molecule has 0 amide bonds. The van der Waals surface area contributed by atoms with Gasteiger partial charge in [0, 0.05) is 11.1 Å². The molecule has 0 aliphatic heterocycles. The molecule has 0 bridgehead atoms. The van der Waals surface area contributed by atoms with E-state index in [1.807, 2.05) is 11.7 Å². The average Bonchev–Trinajstić information content (AvgIpc) is 2.75. The zero-order valence-electron chi connectivity index (χ0n) is 7.27. The van der Waals surface area contributed by atoms with Crippen LogP contribution in [0.1, 0.15) is 17.8 Å². The maximum absolute atomic E-state index is 4.03. The van der Waals surface area contributed by atoms with Gasteiger partial charge in [0.05, 0.1) is 11.6 Å². The second kappa shape index (κ2) is 4.33. The standard InChI is InChI=1S/C7H7BrN4S2/c1-4(5-2-9-3-13-5)10-7-12-11-6(8)14-7/h2-4H,1H3,(H,10,12)/t4-/m0/s1. The van der Waals surface area contributed by atoms with Crippen molar-refractivity contribution in [3.05, 3.63) is 20.5 Å². The number of aromatic nitrogens is 3. The average molecular weight is 291 g/mol. The summed E-state index contributed by atoms with van der Waals surface area (Å²) in [5.41, 5.74) is 1.82. The minimum absolute atomic E-state index is 0.224. The fraction of sp³-hybridized carbons (Fsp3) is 0.286. The summed E-state index contributed by atoms with van der Waals surface area (Å²) >= 11 is 6.38. The van der Waals surface area contributed by atoms with Crippen molar-refractivity contribution in [2.24, 2.45) is 0 Å². The third kappa shape index (κ3) is 2.28. The highest BCUT2D eigenvalue weighted by atomic mass is 79.9. The van der Waals surface area contributed by atoms with Gasteiger partial charge in [-0.05, 0) is 22.9 Å². The van der Waals surface area contributed by atoms with E-state index >= 15 is 0 Å². The van der Waals surface area contributed by atoms with Gasteiger partial charge >= 0.3 is 0 Å². The van der Waals surface area contributed by atoms with E-state index in [4.69, 9.17) is 0 Å². The van der Waals surface area contributed by atoms with Crippen molar-refractivity contribution in [2.45, 2.75) is 13.0 Å². The molecule has 0 fully saturated rings. The molecule has 0 spiro atoms. The van der Waals surface area contributed by atoms with E-state index in [0.29, 0.717) is 0 Å². The minimum atomic E-state index is 0.224. The summed E-state index contributed by atoms with van der Waals surface area (Å²) in [6, 6.07) is 0.224. The van der Waals surface area contributed by atoms with Crippen LogP contribution in [0.3, 0.4) is 0 Å². The van der Waals surface area contributed by atoms with E-state index < -0.39 is 0 Å². The van der Waals surface area contributed by atoms with Crippen molar-refractivity contribution in [1.82, 2.24) is 15.2 Å². The lowest BCUT2D eigenvalue weighted by molar-refractivity contribution is 0.889. The Morgan fingerprint density at radius 3 is 2.93 bits per heavy atom. The fourth-order valence-electron chi connectivity index (χ4n) is 0.959. The van der Waals surface area contributed by atoms with Gasteiger partial charge in [0.1, 0.15) is 0 Å². The topological polar surface area (TPSA) is 50.7 Å². The number of hydrogen-bond donors (Lipinski definition) is 1. The van der Waals surface area contributed by atoms with E-state index in [1.54, 1.807) is 11.3 Å². The van der Waals surface area contributed by atoms with Gasteiger partial charge < -0.3 is 5.32 Å². The summed E-state index contributed by atoms with van der Waals surface area (Å²) in [5.74, 6) is 0. The van der Waals surface area contributed by atoms with E-state index in [-0.39, 0.29) is 6.04 Å². The van der Waals surface area contributed by atoms with Gasteiger partial charge in [-0.1, -0.05) is 11.3 Å². The quantitative estimate of drug-likeness (QED) is 0.944. The van der Waals surface area contributed by atoms with Crippen LogP contribution in [-0.2, 0) is 0 Å². The molecule has 7 heteroatoms. The molecule has 0 aliphatic rings. The van der Waals surface area contributed by atoms with Crippen molar-refractivity contribution in [1.29, 1.82) is 0 Å². The van der Waals surface area contributed by atoms with Crippen LogP contribution in [-0.4, -0.2) is 15.2 Å². The predicted octanol–water partition coefficient (Wildman–Crippen LogP) is 2.93. The van der Waals surface area contributed by atoms with Gasteiger partial charge in [-0.15, -0.1) is 21.5 Å². The van der Waals surface area contributed by atoms with Gasteiger partial charge in [0.15, 0.2) is 3.92 Å². The number of halogens is 1. The molecule has 2 rings (SSSR count). The lowest BCUT2D eigenvalue weighted by Crippen LogP contribution is -2.04. The normalized spacial score (nSPS) is 12.7. The lowest BCUT2D eigenvalue weighted by atomic mass is 10.3. The first-order valence-electron chi connectivity index (χ1n) is 3.89. The van der Waals surface area contributed by atoms with Gasteiger partial charge in [-0.3, -0.25) is 4.98 Å². The second-order valence-corrected chi connectivity index (χ2v) is 5.80. The van der Waals surface area contributed by atoms with E-state index in [9.17, 15) is 0 Å². The molecule has 1 atom stereocenters. The number of thiazole rings is 1. The first-order valence-corrected chi connectivity index (χ1v) is 6.38.